The van der Waals surface area contributed by atoms with Crippen LogP contribution >= 0.6 is 0 Å². The Balaban J connectivity index is 1.97. The summed E-state index contributed by atoms with van der Waals surface area (Å²) >= 11 is 0. The van der Waals surface area contributed by atoms with Gasteiger partial charge in [0.2, 0.25) is 0 Å². The maximum absolute atomic E-state index is 13.6. The number of benzene rings is 2. The van der Waals surface area contributed by atoms with Gasteiger partial charge in [-0.3, -0.25) is 10.1 Å². The number of hydrogen-bond donors (Lipinski definition) is 1. The lowest BCUT2D eigenvalue weighted by molar-refractivity contribution is -0.384. The number of rotatable bonds is 6. The molecule has 0 radical (unpaired) electrons. The van der Waals surface area contributed by atoms with Crippen molar-refractivity contribution in [3.8, 4) is 5.75 Å². The van der Waals surface area contributed by atoms with Gasteiger partial charge in [-0.2, -0.15) is 0 Å². The number of hydrogen-bond acceptors (Lipinski definition) is 4. The smallest absolute Gasteiger partial charge is 0.269 e. The van der Waals surface area contributed by atoms with Crippen LogP contribution in [0.1, 0.15) is 11.1 Å². The summed E-state index contributed by atoms with van der Waals surface area (Å²) in [6, 6.07) is 10.5. The first-order chi connectivity index (χ1) is 10.1. The molecule has 0 spiro atoms. The second-order valence-electron chi connectivity index (χ2n) is 4.41. The van der Waals surface area contributed by atoms with Gasteiger partial charge in [0.15, 0.2) is 11.6 Å². The molecule has 0 saturated carbocycles. The van der Waals surface area contributed by atoms with Crippen molar-refractivity contribution in [2.75, 3.05) is 6.61 Å². The third-order valence-electron chi connectivity index (χ3n) is 3.00. The normalized spacial score (nSPS) is 10.4. The van der Waals surface area contributed by atoms with Crippen molar-refractivity contribution in [3.63, 3.8) is 0 Å². The highest BCUT2D eigenvalue weighted by molar-refractivity contribution is 5.35. The Kier molecular flexibility index (Phi) is 4.84. The molecule has 0 amide bonds. The zero-order valence-electron chi connectivity index (χ0n) is 11.2. The Hall–Kier alpha value is -2.47. The molecule has 0 aliphatic rings. The molecular formula is C15H14FNO4. The van der Waals surface area contributed by atoms with Gasteiger partial charge in [0.05, 0.1) is 18.1 Å². The Bertz CT molecular complexity index is 628. The van der Waals surface area contributed by atoms with E-state index in [1.165, 1.54) is 24.3 Å². The van der Waals surface area contributed by atoms with E-state index in [0.717, 1.165) is 5.56 Å². The van der Waals surface area contributed by atoms with Gasteiger partial charge in [-0.05, 0) is 11.6 Å². The molecule has 2 aromatic rings. The van der Waals surface area contributed by atoms with Gasteiger partial charge in [-0.1, -0.05) is 24.3 Å². The van der Waals surface area contributed by atoms with Crippen LogP contribution in [-0.4, -0.2) is 16.6 Å². The van der Waals surface area contributed by atoms with Gasteiger partial charge in [0.1, 0.15) is 0 Å². The molecule has 0 aromatic heterocycles. The predicted molar refractivity (Wildman–Crippen MR) is 74.6 cm³/mol. The Morgan fingerprint density at radius 2 is 1.90 bits per heavy atom. The molecule has 0 atom stereocenters. The van der Waals surface area contributed by atoms with E-state index in [1.54, 1.807) is 18.2 Å². The van der Waals surface area contributed by atoms with Crippen LogP contribution in [0.5, 0.6) is 5.75 Å². The highest BCUT2D eigenvalue weighted by atomic mass is 19.1. The third-order valence-corrected chi connectivity index (χ3v) is 3.00. The van der Waals surface area contributed by atoms with Gasteiger partial charge in [-0.15, -0.1) is 0 Å². The zero-order chi connectivity index (χ0) is 15.2. The van der Waals surface area contributed by atoms with E-state index in [0.29, 0.717) is 12.0 Å². The highest BCUT2D eigenvalue weighted by Crippen LogP contribution is 2.23. The number of para-hydroxylation sites is 1. The van der Waals surface area contributed by atoms with E-state index in [1.807, 2.05) is 0 Å². The third kappa shape index (κ3) is 3.76. The van der Waals surface area contributed by atoms with Gasteiger partial charge >= 0.3 is 0 Å². The predicted octanol–water partition coefficient (Wildman–Crippen LogP) is 2.85. The summed E-state index contributed by atoms with van der Waals surface area (Å²) in [6.45, 7) is -0.0869. The van der Waals surface area contributed by atoms with E-state index in [2.05, 4.69) is 0 Å². The number of aliphatic hydroxyl groups is 1. The zero-order valence-corrected chi connectivity index (χ0v) is 11.2. The maximum atomic E-state index is 13.6. The summed E-state index contributed by atoms with van der Waals surface area (Å²) in [6.07, 6.45) is 0.483. The molecule has 2 rings (SSSR count). The SMILES string of the molecule is O=[N+]([O-])c1ccc(CCOc2c(F)cccc2CO)cc1. The van der Waals surface area contributed by atoms with Crippen LogP contribution in [0.3, 0.4) is 0 Å². The van der Waals surface area contributed by atoms with Gasteiger partial charge in [0.25, 0.3) is 5.69 Å². The Morgan fingerprint density at radius 1 is 1.19 bits per heavy atom. The number of ether oxygens (including phenoxy) is 1. The molecule has 21 heavy (non-hydrogen) atoms. The van der Waals surface area contributed by atoms with E-state index in [9.17, 15) is 14.5 Å². The summed E-state index contributed by atoms with van der Waals surface area (Å²) in [5.74, 6) is -0.479. The molecule has 0 fully saturated rings. The van der Waals surface area contributed by atoms with Crippen LogP contribution in [0.15, 0.2) is 42.5 Å². The molecule has 0 aliphatic carbocycles. The molecule has 0 aliphatic heterocycles. The first-order valence-electron chi connectivity index (χ1n) is 6.36. The summed E-state index contributed by atoms with van der Waals surface area (Å²) in [5, 5.41) is 19.7. The van der Waals surface area contributed by atoms with Crippen LogP contribution in [0.2, 0.25) is 0 Å². The minimum absolute atomic E-state index is 0.0244. The van der Waals surface area contributed by atoms with Crippen molar-refractivity contribution < 1.29 is 19.2 Å². The first kappa shape index (κ1) is 14.9. The van der Waals surface area contributed by atoms with Gasteiger partial charge in [-0.25, -0.2) is 4.39 Å². The number of nitro benzene ring substituents is 1. The molecule has 110 valence electrons. The van der Waals surface area contributed by atoms with Crippen LogP contribution in [0, 0.1) is 15.9 Å². The minimum atomic E-state index is -0.523. The summed E-state index contributed by atoms with van der Waals surface area (Å²) in [7, 11) is 0. The van der Waals surface area contributed by atoms with Gasteiger partial charge < -0.3 is 9.84 Å². The number of non-ortho nitro benzene ring substituents is 1. The molecule has 0 saturated heterocycles. The second-order valence-corrected chi connectivity index (χ2v) is 4.41. The van der Waals surface area contributed by atoms with Gasteiger partial charge in [0, 0.05) is 24.1 Å². The fourth-order valence-electron chi connectivity index (χ4n) is 1.89. The monoisotopic (exact) mass is 291 g/mol. The van der Waals surface area contributed by atoms with E-state index in [-0.39, 0.29) is 24.7 Å². The summed E-state index contributed by atoms with van der Waals surface area (Å²) in [5.41, 5.74) is 1.26. The van der Waals surface area contributed by atoms with Crippen molar-refractivity contribution in [1.82, 2.24) is 0 Å². The summed E-state index contributed by atoms with van der Waals surface area (Å²) < 4.78 is 19.0. The topological polar surface area (TPSA) is 72.6 Å². The largest absolute Gasteiger partial charge is 0.490 e. The van der Waals surface area contributed by atoms with Crippen LogP contribution in [0.4, 0.5) is 10.1 Å². The molecular weight excluding hydrogens is 277 g/mol. The maximum Gasteiger partial charge on any atom is 0.269 e. The highest BCUT2D eigenvalue weighted by Gasteiger charge is 2.09. The number of nitro groups is 1. The Morgan fingerprint density at radius 3 is 2.52 bits per heavy atom. The molecule has 0 bridgehead atoms. The fourth-order valence-corrected chi connectivity index (χ4v) is 1.89. The average molecular weight is 291 g/mol. The molecule has 0 unspecified atom stereocenters. The number of nitrogens with zero attached hydrogens (tertiary/aromatic N) is 1. The lowest BCUT2D eigenvalue weighted by Crippen LogP contribution is -2.05. The van der Waals surface area contributed by atoms with Crippen molar-refractivity contribution in [3.05, 3.63) is 69.5 Å². The Labute approximate surface area is 120 Å². The van der Waals surface area contributed by atoms with Crippen molar-refractivity contribution >= 4 is 5.69 Å². The quantitative estimate of drug-likeness (QED) is 0.656. The number of halogens is 1. The molecule has 2 aromatic carbocycles. The molecule has 0 heterocycles. The van der Waals surface area contributed by atoms with E-state index >= 15 is 0 Å². The van der Waals surface area contributed by atoms with Crippen LogP contribution in [-0.2, 0) is 13.0 Å². The fraction of sp³-hybridized carbons (Fsp3) is 0.200. The molecule has 1 N–H and O–H groups in total. The van der Waals surface area contributed by atoms with E-state index < -0.39 is 10.7 Å². The van der Waals surface area contributed by atoms with Crippen molar-refractivity contribution in [2.45, 2.75) is 13.0 Å². The molecule has 6 heteroatoms. The molecule has 5 nitrogen and oxygen atoms in total. The standard InChI is InChI=1S/C15H14FNO4/c16-14-3-1-2-12(10-18)15(14)21-9-8-11-4-6-13(7-5-11)17(19)20/h1-7,18H,8-10H2. The second kappa shape index (κ2) is 6.81. The first-order valence-corrected chi connectivity index (χ1v) is 6.36. The summed E-state index contributed by atoms with van der Waals surface area (Å²) in [4.78, 5) is 10.1. The van der Waals surface area contributed by atoms with Crippen LogP contribution < -0.4 is 4.74 Å². The van der Waals surface area contributed by atoms with Crippen molar-refractivity contribution in [1.29, 1.82) is 0 Å². The van der Waals surface area contributed by atoms with Crippen LogP contribution in [0.25, 0.3) is 0 Å². The number of aliphatic hydroxyl groups excluding tert-OH is 1. The van der Waals surface area contributed by atoms with E-state index in [4.69, 9.17) is 9.84 Å². The van der Waals surface area contributed by atoms with Crippen molar-refractivity contribution in [2.24, 2.45) is 0 Å². The average Bonchev–Trinajstić information content (AvgIpc) is 2.49. The lowest BCUT2D eigenvalue weighted by Gasteiger charge is -2.11. The minimum Gasteiger partial charge on any atom is -0.490 e. The lowest BCUT2D eigenvalue weighted by atomic mass is 10.1.